The van der Waals surface area contributed by atoms with Gasteiger partial charge in [0.2, 0.25) is 0 Å². The zero-order chi connectivity index (χ0) is 12.5. The maximum absolute atomic E-state index is 13.7. The number of benzene rings is 1. The van der Waals surface area contributed by atoms with Crippen LogP contribution < -0.4 is 10.5 Å². The fourth-order valence-electron chi connectivity index (χ4n) is 2.23. The van der Waals surface area contributed by atoms with Crippen molar-refractivity contribution < 1.29 is 9.13 Å². The molecule has 1 unspecified atom stereocenters. The van der Waals surface area contributed by atoms with Crippen LogP contribution in [0, 0.1) is 0 Å². The third kappa shape index (κ3) is 2.78. The maximum atomic E-state index is 13.7. The summed E-state index contributed by atoms with van der Waals surface area (Å²) in [6.45, 7) is 1.55. The number of aryl methyl sites for hydroxylation is 1. The molecule has 0 spiro atoms. The van der Waals surface area contributed by atoms with Gasteiger partial charge in [-0.05, 0) is 44.2 Å². The summed E-state index contributed by atoms with van der Waals surface area (Å²) in [7, 11) is 1.58. The van der Waals surface area contributed by atoms with Crippen LogP contribution in [0.5, 0.6) is 5.75 Å². The van der Waals surface area contributed by atoms with Crippen LogP contribution in [0.1, 0.15) is 43.5 Å². The van der Waals surface area contributed by atoms with Gasteiger partial charge < -0.3 is 10.5 Å². The third-order valence-corrected chi connectivity index (χ3v) is 3.56. The Morgan fingerprint density at radius 1 is 1.47 bits per heavy atom. The predicted octanol–water partition coefficient (Wildman–Crippen LogP) is 3.15. The van der Waals surface area contributed by atoms with Crippen molar-refractivity contribution in [3.05, 3.63) is 29.3 Å². The Hall–Kier alpha value is -1.09. The topological polar surface area (TPSA) is 35.2 Å². The van der Waals surface area contributed by atoms with Gasteiger partial charge in [-0.2, -0.15) is 0 Å². The first kappa shape index (κ1) is 12.4. The molecule has 0 heterocycles. The van der Waals surface area contributed by atoms with Crippen LogP contribution in [0.4, 0.5) is 4.39 Å². The molecule has 94 valence electrons. The van der Waals surface area contributed by atoms with E-state index in [2.05, 4.69) is 0 Å². The van der Waals surface area contributed by atoms with Crippen LogP contribution in [0.15, 0.2) is 18.2 Å². The standard InChI is InChI=1S/C14H20FNO/c1-10(15)13-11(4-3-5-12(13)17-2)6-7-14(16)8-9-14/h3-5,10H,6-9,16H2,1-2H3. The summed E-state index contributed by atoms with van der Waals surface area (Å²) in [6, 6.07) is 5.69. The summed E-state index contributed by atoms with van der Waals surface area (Å²) in [5.41, 5.74) is 7.78. The normalized spacial score (nSPS) is 18.8. The van der Waals surface area contributed by atoms with Crippen molar-refractivity contribution in [2.45, 2.75) is 44.3 Å². The lowest BCUT2D eigenvalue weighted by Gasteiger charge is -2.16. The van der Waals surface area contributed by atoms with E-state index in [0.29, 0.717) is 11.3 Å². The first-order chi connectivity index (χ1) is 8.06. The molecule has 2 nitrogen and oxygen atoms in total. The minimum absolute atomic E-state index is 0.0138. The molecule has 2 N–H and O–H groups in total. The lowest BCUT2D eigenvalue weighted by Crippen LogP contribution is -2.22. The summed E-state index contributed by atoms with van der Waals surface area (Å²) in [6.07, 6.45) is 2.95. The van der Waals surface area contributed by atoms with Crippen LogP contribution >= 0.6 is 0 Å². The summed E-state index contributed by atoms with van der Waals surface area (Å²) in [4.78, 5) is 0. The second-order valence-electron chi connectivity index (χ2n) is 5.01. The zero-order valence-electron chi connectivity index (χ0n) is 10.5. The lowest BCUT2D eigenvalue weighted by atomic mass is 9.96. The molecule has 17 heavy (non-hydrogen) atoms. The third-order valence-electron chi connectivity index (χ3n) is 3.56. The number of alkyl halides is 1. The monoisotopic (exact) mass is 237 g/mol. The molecular formula is C14H20FNO. The van der Waals surface area contributed by atoms with Gasteiger partial charge in [0.05, 0.1) is 7.11 Å². The van der Waals surface area contributed by atoms with Crippen molar-refractivity contribution in [1.29, 1.82) is 0 Å². The van der Waals surface area contributed by atoms with E-state index in [4.69, 9.17) is 10.5 Å². The zero-order valence-corrected chi connectivity index (χ0v) is 10.5. The molecule has 1 aromatic carbocycles. The van der Waals surface area contributed by atoms with Gasteiger partial charge in [0, 0.05) is 11.1 Å². The van der Waals surface area contributed by atoms with Gasteiger partial charge in [0.1, 0.15) is 11.9 Å². The Balaban J connectivity index is 2.19. The van der Waals surface area contributed by atoms with Crippen molar-refractivity contribution in [3.63, 3.8) is 0 Å². The number of methoxy groups -OCH3 is 1. The largest absolute Gasteiger partial charge is 0.496 e. The molecule has 1 saturated carbocycles. The Bertz CT molecular complexity index is 399. The molecule has 2 rings (SSSR count). The van der Waals surface area contributed by atoms with E-state index in [9.17, 15) is 4.39 Å². The summed E-state index contributed by atoms with van der Waals surface area (Å²) >= 11 is 0. The quantitative estimate of drug-likeness (QED) is 0.853. The fraction of sp³-hybridized carbons (Fsp3) is 0.571. The maximum Gasteiger partial charge on any atom is 0.126 e. The van der Waals surface area contributed by atoms with Gasteiger partial charge in [-0.15, -0.1) is 0 Å². The molecule has 1 aliphatic carbocycles. The summed E-state index contributed by atoms with van der Waals surface area (Å²) < 4.78 is 18.9. The van der Waals surface area contributed by atoms with Crippen molar-refractivity contribution in [3.8, 4) is 5.75 Å². The van der Waals surface area contributed by atoms with Gasteiger partial charge in [0.25, 0.3) is 0 Å². The molecular weight excluding hydrogens is 217 g/mol. The second kappa shape index (κ2) is 4.65. The van der Waals surface area contributed by atoms with Gasteiger partial charge in [-0.25, -0.2) is 4.39 Å². The van der Waals surface area contributed by atoms with Gasteiger partial charge in [-0.1, -0.05) is 12.1 Å². The highest BCUT2D eigenvalue weighted by atomic mass is 19.1. The van der Waals surface area contributed by atoms with Gasteiger partial charge in [0.15, 0.2) is 0 Å². The number of nitrogens with two attached hydrogens (primary N) is 1. The van der Waals surface area contributed by atoms with Crippen LogP contribution in [0.3, 0.4) is 0 Å². The summed E-state index contributed by atoms with van der Waals surface area (Å²) in [5, 5.41) is 0. The van der Waals surface area contributed by atoms with Gasteiger partial charge in [-0.3, -0.25) is 0 Å². The molecule has 0 amide bonds. The van der Waals surface area contributed by atoms with Crippen LogP contribution in [-0.2, 0) is 6.42 Å². The minimum Gasteiger partial charge on any atom is -0.496 e. The average Bonchev–Trinajstić information content (AvgIpc) is 3.04. The van der Waals surface area contributed by atoms with Crippen LogP contribution in [0.25, 0.3) is 0 Å². The Morgan fingerprint density at radius 2 is 2.18 bits per heavy atom. The van der Waals surface area contributed by atoms with E-state index in [0.717, 1.165) is 31.2 Å². The smallest absolute Gasteiger partial charge is 0.126 e. The number of halogens is 1. The highest BCUT2D eigenvalue weighted by Gasteiger charge is 2.37. The van der Waals surface area contributed by atoms with Gasteiger partial charge >= 0.3 is 0 Å². The fourth-order valence-corrected chi connectivity index (χ4v) is 2.23. The SMILES string of the molecule is COc1cccc(CCC2(N)CC2)c1C(C)F. The van der Waals surface area contributed by atoms with E-state index in [1.807, 2.05) is 18.2 Å². The molecule has 0 radical (unpaired) electrons. The molecule has 0 saturated heterocycles. The molecule has 0 aromatic heterocycles. The second-order valence-corrected chi connectivity index (χ2v) is 5.01. The molecule has 1 fully saturated rings. The highest BCUT2D eigenvalue weighted by Crippen LogP contribution is 2.38. The van der Waals surface area contributed by atoms with Crippen molar-refractivity contribution >= 4 is 0 Å². The van der Waals surface area contributed by atoms with E-state index in [-0.39, 0.29) is 5.54 Å². The Morgan fingerprint density at radius 3 is 2.71 bits per heavy atom. The molecule has 1 aromatic rings. The van der Waals surface area contributed by atoms with Crippen LogP contribution in [-0.4, -0.2) is 12.6 Å². The molecule has 0 bridgehead atoms. The molecule has 1 aliphatic rings. The van der Waals surface area contributed by atoms with E-state index >= 15 is 0 Å². The number of hydrogen-bond donors (Lipinski definition) is 1. The number of ether oxygens (including phenoxy) is 1. The minimum atomic E-state index is -1.01. The van der Waals surface area contributed by atoms with Crippen LogP contribution in [0.2, 0.25) is 0 Å². The lowest BCUT2D eigenvalue weighted by molar-refractivity contribution is 0.343. The molecule has 1 atom stereocenters. The predicted molar refractivity (Wildman–Crippen MR) is 67.0 cm³/mol. The average molecular weight is 237 g/mol. The van der Waals surface area contributed by atoms with Crippen molar-refractivity contribution in [2.75, 3.05) is 7.11 Å². The van der Waals surface area contributed by atoms with E-state index in [1.54, 1.807) is 14.0 Å². The first-order valence-electron chi connectivity index (χ1n) is 6.14. The van der Waals surface area contributed by atoms with Crippen molar-refractivity contribution in [2.24, 2.45) is 5.73 Å². The number of hydrogen-bond acceptors (Lipinski definition) is 2. The summed E-state index contributed by atoms with van der Waals surface area (Å²) in [5.74, 6) is 0.638. The van der Waals surface area contributed by atoms with E-state index in [1.165, 1.54) is 0 Å². The van der Waals surface area contributed by atoms with Crippen molar-refractivity contribution in [1.82, 2.24) is 0 Å². The number of rotatable bonds is 5. The highest BCUT2D eigenvalue weighted by molar-refractivity contribution is 5.42. The molecule has 0 aliphatic heterocycles. The first-order valence-corrected chi connectivity index (χ1v) is 6.14. The molecule has 3 heteroatoms. The Labute approximate surface area is 102 Å². The van der Waals surface area contributed by atoms with E-state index < -0.39 is 6.17 Å². The Kier molecular flexibility index (Phi) is 3.38.